The van der Waals surface area contributed by atoms with Gasteiger partial charge in [0, 0.05) is 12.6 Å². The summed E-state index contributed by atoms with van der Waals surface area (Å²) in [7, 11) is -0.810. The second-order valence-corrected chi connectivity index (χ2v) is 9.59. The van der Waals surface area contributed by atoms with E-state index in [-0.39, 0.29) is 29.8 Å². The number of carbonyl (C=O) groups is 1. The average molecular weight is 529 g/mol. The third kappa shape index (κ3) is 8.62. The SMILES string of the molecule is COc1ccc(NS(=O)(=O)c2ccc(C=CCCNC(=O)COCc3ccc(F)cc3)cc2)cc1OC. The van der Waals surface area contributed by atoms with Crippen LogP contribution in [0.25, 0.3) is 6.08 Å². The summed E-state index contributed by atoms with van der Waals surface area (Å²) in [4.78, 5) is 12.0. The van der Waals surface area contributed by atoms with Crippen molar-refractivity contribution in [1.82, 2.24) is 5.32 Å². The summed E-state index contributed by atoms with van der Waals surface area (Å²) in [5, 5.41) is 2.75. The number of nitrogens with one attached hydrogen (secondary N) is 2. The summed E-state index contributed by atoms with van der Waals surface area (Å²) in [5.41, 5.74) is 1.95. The Hall–Kier alpha value is -3.89. The summed E-state index contributed by atoms with van der Waals surface area (Å²) in [6, 6.07) is 17.1. The van der Waals surface area contributed by atoms with Gasteiger partial charge in [0.1, 0.15) is 12.4 Å². The molecule has 0 radical (unpaired) electrons. The molecule has 0 saturated carbocycles. The Bertz CT molecular complexity index is 1310. The monoisotopic (exact) mass is 528 g/mol. The predicted octanol–water partition coefficient (Wildman–Crippen LogP) is 4.38. The number of hydrogen-bond acceptors (Lipinski definition) is 6. The molecule has 0 bridgehead atoms. The Kier molecular flexibility index (Phi) is 10.0. The molecule has 0 fully saturated rings. The molecular formula is C27H29FN2O6S. The maximum absolute atomic E-state index is 12.9. The number of methoxy groups -OCH3 is 2. The number of amides is 1. The van der Waals surface area contributed by atoms with Gasteiger partial charge in [-0.2, -0.15) is 0 Å². The van der Waals surface area contributed by atoms with Gasteiger partial charge in [-0.05, 0) is 53.9 Å². The van der Waals surface area contributed by atoms with Crippen LogP contribution in [0, 0.1) is 5.82 Å². The molecule has 0 aliphatic heterocycles. The van der Waals surface area contributed by atoms with Crippen molar-refractivity contribution < 1.29 is 31.8 Å². The highest BCUT2D eigenvalue weighted by Gasteiger charge is 2.15. The van der Waals surface area contributed by atoms with Gasteiger partial charge in [-0.15, -0.1) is 0 Å². The van der Waals surface area contributed by atoms with Crippen molar-refractivity contribution in [2.45, 2.75) is 17.9 Å². The first-order valence-electron chi connectivity index (χ1n) is 11.4. The minimum Gasteiger partial charge on any atom is -0.493 e. The molecule has 0 saturated heterocycles. The van der Waals surface area contributed by atoms with Crippen LogP contribution in [0.4, 0.5) is 10.1 Å². The van der Waals surface area contributed by atoms with Crippen molar-refractivity contribution in [2.24, 2.45) is 0 Å². The molecule has 1 amide bonds. The number of anilines is 1. The maximum atomic E-state index is 12.9. The maximum Gasteiger partial charge on any atom is 0.261 e. The zero-order valence-electron chi connectivity index (χ0n) is 20.6. The molecule has 37 heavy (non-hydrogen) atoms. The fourth-order valence-electron chi connectivity index (χ4n) is 3.28. The van der Waals surface area contributed by atoms with E-state index >= 15 is 0 Å². The van der Waals surface area contributed by atoms with Crippen molar-refractivity contribution in [1.29, 1.82) is 0 Å². The normalized spacial score (nSPS) is 11.3. The first-order valence-corrected chi connectivity index (χ1v) is 12.9. The fourth-order valence-corrected chi connectivity index (χ4v) is 4.33. The van der Waals surface area contributed by atoms with Crippen LogP contribution in [0.3, 0.4) is 0 Å². The fraction of sp³-hybridized carbons (Fsp3) is 0.222. The molecule has 0 heterocycles. The van der Waals surface area contributed by atoms with Gasteiger partial charge in [0.25, 0.3) is 10.0 Å². The van der Waals surface area contributed by atoms with E-state index in [1.165, 1.54) is 38.5 Å². The second-order valence-electron chi connectivity index (χ2n) is 7.90. The van der Waals surface area contributed by atoms with Gasteiger partial charge in [-0.1, -0.05) is 36.4 Å². The summed E-state index contributed by atoms with van der Waals surface area (Å²) in [6.07, 6.45) is 4.31. The third-order valence-corrected chi connectivity index (χ3v) is 6.58. The second kappa shape index (κ2) is 13.4. The number of sulfonamides is 1. The number of carbonyl (C=O) groups excluding carboxylic acids is 1. The largest absolute Gasteiger partial charge is 0.493 e. The van der Waals surface area contributed by atoms with Crippen molar-refractivity contribution in [3.05, 3.63) is 89.8 Å². The van der Waals surface area contributed by atoms with Crippen molar-refractivity contribution >= 4 is 27.7 Å². The zero-order valence-corrected chi connectivity index (χ0v) is 21.4. The predicted molar refractivity (Wildman–Crippen MR) is 140 cm³/mol. The molecule has 0 aliphatic rings. The summed E-state index contributed by atoms with van der Waals surface area (Å²) >= 11 is 0. The first-order chi connectivity index (χ1) is 17.8. The van der Waals surface area contributed by atoms with E-state index < -0.39 is 10.0 Å². The molecule has 3 aromatic carbocycles. The highest BCUT2D eigenvalue weighted by Crippen LogP contribution is 2.30. The lowest BCUT2D eigenvalue weighted by Crippen LogP contribution is -2.28. The Labute approximate surface area is 216 Å². The topological polar surface area (TPSA) is 103 Å². The van der Waals surface area contributed by atoms with Gasteiger partial charge in [0.2, 0.25) is 5.91 Å². The van der Waals surface area contributed by atoms with E-state index in [0.29, 0.717) is 30.2 Å². The molecule has 0 atom stereocenters. The van der Waals surface area contributed by atoms with Crippen LogP contribution in [0.2, 0.25) is 0 Å². The minimum absolute atomic E-state index is 0.0889. The Balaban J connectivity index is 1.42. The van der Waals surface area contributed by atoms with Gasteiger partial charge in [-0.25, -0.2) is 12.8 Å². The van der Waals surface area contributed by atoms with Gasteiger partial charge in [0.15, 0.2) is 11.5 Å². The van der Waals surface area contributed by atoms with E-state index in [9.17, 15) is 17.6 Å². The molecule has 8 nitrogen and oxygen atoms in total. The van der Waals surface area contributed by atoms with Gasteiger partial charge in [-0.3, -0.25) is 9.52 Å². The third-order valence-electron chi connectivity index (χ3n) is 5.18. The van der Waals surface area contributed by atoms with E-state index in [4.69, 9.17) is 14.2 Å². The zero-order chi connectivity index (χ0) is 26.7. The average Bonchev–Trinajstić information content (AvgIpc) is 2.89. The van der Waals surface area contributed by atoms with Crippen LogP contribution in [0.1, 0.15) is 17.5 Å². The molecule has 0 aromatic heterocycles. The van der Waals surface area contributed by atoms with E-state index in [1.807, 2.05) is 12.2 Å². The van der Waals surface area contributed by atoms with Crippen LogP contribution in [0.5, 0.6) is 11.5 Å². The smallest absolute Gasteiger partial charge is 0.261 e. The quantitative estimate of drug-likeness (QED) is 0.319. The number of halogens is 1. The summed E-state index contributed by atoms with van der Waals surface area (Å²) in [6.45, 7) is 0.564. The molecule has 3 aromatic rings. The lowest BCUT2D eigenvalue weighted by atomic mass is 10.2. The van der Waals surface area contributed by atoms with E-state index in [0.717, 1.165) is 11.1 Å². The van der Waals surface area contributed by atoms with Gasteiger partial charge < -0.3 is 19.5 Å². The number of benzene rings is 3. The number of ether oxygens (including phenoxy) is 3. The van der Waals surface area contributed by atoms with Crippen molar-refractivity contribution in [2.75, 3.05) is 32.1 Å². The Morgan fingerprint density at radius 3 is 2.32 bits per heavy atom. The first kappa shape index (κ1) is 27.7. The molecular weight excluding hydrogens is 499 g/mol. The van der Waals surface area contributed by atoms with Crippen LogP contribution >= 0.6 is 0 Å². The Morgan fingerprint density at radius 2 is 1.65 bits per heavy atom. The van der Waals surface area contributed by atoms with Crippen LogP contribution in [-0.4, -0.2) is 41.7 Å². The minimum atomic E-state index is -3.79. The number of hydrogen-bond donors (Lipinski definition) is 2. The van der Waals surface area contributed by atoms with Gasteiger partial charge in [0.05, 0.1) is 31.4 Å². The van der Waals surface area contributed by atoms with E-state index in [1.54, 1.807) is 42.5 Å². The Morgan fingerprint density at radius 1 is 0.946 bits per heavy atom. The van der Waals surface area contributed by atoms with Crippen LogP contribution in [0.15, 0.2) is 77.7 Å². The highest BCUT2D eigenvalue weighted by atomic mass is 32.2. The van der Waals surface area contributed by atoms with Gasteiger partial charge >= 0.3 is 0 Å². The van der Waals surface area contributed by atoms with Crippen molar-refractivity contribution in [3.8, 4) is 11.5 Å². The summed E-state index contributed by atoms with van der Waals surface area (Å²) < 4.78 is 56.6. The molecule has 0 spiro atoms. The molecule has 2 N–H and O–H groups in total. The van der Waals surface area contributed by atoms with Crippen molar-refractivity contribution in [3.63, 3.8) is 0 Å². The van der Waals surface area contributed by atoms with E-state index in [2.05, 4.69) is 10.0 Å². The van der Waals surface area contributed by atoms with Crippen LogP contribution in [-0.2, 0) is 26.2 Å². The standard InChI is InChI=1S/C27H29FN2O6S/c1-34-25-15-12-23(17-26(25)35-2)30-37(32,33)24-13-8-20(9-14-24)5-3-4-16-29-27(31)19-36-18-21-6-10-22(28)11-7-21/h3,5-15,17,30H,4,16,18-19H2,1-2H3,(H,29,31). The van der Waals surface area contributed by atoms with Crippen LogP contribution < -0.4 is 19.5 Å². The molecule has 0 unspecified atom stereocenters. The molecule has 0 aliphatic carbocycles. The highest BCUT2D eigenvalue weighted by molar-refractivity contribution is 7.92. The number of rotatable bonds is 13. The lowest BCUT2D eigenvalue weighted by Gasteiger charge is -2.12. The molecule has 3 rings (SSSR count). The molecule has 196 valence electrons. The lowest BCUT2D eigenvalue weighted by molar-refractivity contribution is -0.126. The summed E-state index contributed by atoms with van der Waals surface area (Å²) in [5.74, 6) is 0.346. The molecule has 10 heteroatoms.